The van der Waals surface area contributed by atoms with Crippen LogP contribution in [0.1, 0.15) is 21.5 Å². The van der Waals surface area contributed by atoms with Gasteiger partial charge in [0.05, 0.1) is 5.52 Å². The lowest BCUT2D eigenvalue weighted by atomic mass is 10.1. The number of hydrogen-bond acceptors (Lipinski definition) is 3. The maximum Gasteiger partial charge on any atom is 0.295 e. The van der Waals surface area contributed by atoms with E-state index >= 15 is 0 Å². The third-order valence-electron chi connectivity index (χ3n) is 3.45. The minimum Gasteiger partial charge on any atom is -0.493 e. The lowest BCUT2D eigenvalue weighted by Gasteiger charge is -1.96. The summed E-state index contributed by atoms with van der Waals surface area (Å²) in [5.74, 6) is -0.539. The molecule has 0 radical (unpaired) electrons. The van der Waals surface area contributed by atoms with Crippen molar-refractivity contribution in [3.05, 3.63) is 59.2 Å². The normalized spacial score (nSPS) is 11.4. The Kier molecular flexibility index (Phi) is 3.47. The average Bonchev–Trinajstić information content (AvgIpc) is 2.80. The Morgan fingerprint density at radius 1 is 1.05 bits per heavy atom. The third-order valence-corrected chi connectivity index (χ3v) is 3.45. The van der Waals surface area contributed by atoms with Crippen molar-refractivity contribution < 1.29 is 9.90 Å². The first-order valence-corrected chi connectivity index (χ1v) is 6.88. The van der Waals surface area contributed by atoms with Crippen LogP contribution in [0.3, 0.4) is 0 Å². The molecular formula is C17H15N3O2. The number of benzene rings is 2. The SMILES string of the molecule is Cc1ccc(C(=O)N=Nc2c(O)[nH]c3ccc(C)cc23)cc1. The number of aromatic amines is 1. The van der Waals surface area contributed by atoms with Crippen LogP contribution in [0.15, 0.2) is 52.7 Å². The molecule has 0 aliphatic rings. The summed E-state index contributed by atoms with van der Waals surface area (Å²) in [5.41, 5.74) is 3.59. The molecule has 1 heterocycles. The highest BCUT2D eigenvalue weighted by Gasteiger charge is 2.11. The second-order valence-corrected chi connectivity index (χ2v) is 5.24. The van der Waals surface area contributed by atoms with Crippen LogP contribution in [0.2, 0.25) is 0 Å². The Morgan fingerprint density at radius 3 is 2.45 bits per heavy atom. The van der Waals surface area contributed by atoms with Crippen molar-refractivity contribution in [3.63, 3.8) is 0 Å². The topological polar surface area (TPSA) is 77.8 Å². The Morgan fingerprint density at radius 2 is 1.73 bits per heavy atom. The number of amides is 1. The fourth-order valence-electron chi connectivity index (χ4n) is 2.23. The minimum atomic E-state index is -0.443. The van der Waals surface area contributed by atoms with E-state index in [1.54, 1.807) is 12.1 Å². The van der Waals surface area contributed by atoms with Gasteiger partial charge in [0.15, 0.2) is 5.69 Å². The van der Waals surface area contributed by atoms with Gasteiger partial charge in [0.2, 0.25) is 5.88 Å². The van der Waals surface area contributed by atoms with Gasteiger partial charge in [0.1, 0.15) is 0 Å². The number of H-pyrrole nitrogens is 1. The van der Waals surface area contributed by atoms with E-state index in [0.717, 1.165) is 22.0 Å². The first-order valence-electron chi connectivity index (χ1n) is 6.88. The van der Waals surface area contributed by atoms with Crippen LogP contribution >= 0.6 is 0 Å². The standard InChI is InChI=1S/C17H15N3O2/c1-10-3-6-12(7-4-10)16(21)20-19-15-13-9-11(2)5-8-14(13)18-17(15)22/h3-9,18,22H,1-2H3. The van der Waals surface area contributed by atoms with Crippen molar-refractivity contribution >= 4 is 22.5 Å². The minimum absolute atomic E-state index is 0.0962. The maximum absolute atomic E-state index is 12.0. The van der Waals surface area contributed by atoms with Gasteiger partial charge in [-0.05, 0) is 38.1 Å². The van der Waals surface area contributed by atoms with Gasteiger partial charge in [0.25, 0.3) is 5.91 Å². The molecule has 22 heavy (non-hydrogen) atoms. The van der Waals surface area contributed by atoms with Crippen molar-refractivity contribution in [2.75, 3.05) is 0 Å². The molecular weight excluding hydrogens is 278 g/mol. The number of rotatable bonds is 2. The van der Waals surface area contributed by atoms with E-state index in [9.17, 15) is 9.90 Å². The van der Waals surface area contributed by atoms with Crippen molar-refractivity contribution in [3.8, 4) is 5.88 Å². The van der Waals surface area contributed by atoms with Gasteiger partial charge in [-0.2, -0.15) is 0 Å². The second-order valence-electron chi connectivity index (χ2n) is 5.24. The molecule has 3 rings (SSSR count). The summed E-state index contributed by atoms with van der Waals surface area (Å²) in [6, 6.07) is 12.8. The summed E-state index contributed by atoms with van der Waals surface area (Å²) >= 11 is 0. The zero-order valence-electron chi connectivity index (χ0n) is 12.3. The Bertz CT molecular complexity index is 877. The predicted molar refractivity (Wildman–Crippen MR) is 84.7 cm³/mol. The number of carbonyl (C=O) groups excluding carboxylic acids is 1. The van der Waals surface area contributed by atoms with Crippen molar-refractivity contribution in [1.82, 2.24) is 4.98 Å². The molecule has 1 aromatic heterocycles. The van der Waals surface area contributed by atoms with Crippen LogP contribution in [0, 0.1) is 13.8 Å². The van der Waals surface area contributed by atoms with Crippen LogP contribution < -0.4 is 0 Å². The lowest BCUT2D eigenvalue weighted by Crippen LogP contribution is -1.92. The fourth-order valence-corrected chi connectivity index (χ4v) is 2.23. The van der Waals surface area contributed by atoms with Gasteiger partial charge in [-0.1, -0.05) is 29.3 Å². The lowest BCUT2D eigenvalue weighted by molar-refractivity contribution is 0.0995. The molecule has 0 aliphatic heterocycles. The van der Waals surface area contributed by atoms with Gasteiger partial charge in [-0.25, -0.2) is 0 Å². The number of fused-ring (bicyclic) bond motifs is 1. The highest BCUT2D eigenvalue weighted by atomic mass is 16.3. The summed E-state index contributed by atoms with van der Waals surface area (Å²) < 4.78 is 0. The number of carbonyl (C=O) groups is 1. The molecule has 2 aromatic carbocycles. The molecule has 3 aromatic rings. The molecule has 2 N–H and O–H groups in total. The molecule has 0 fully saturated rings. The largest absolute Gasteiger partial charge is 0.493 e. The fraction of sp³-hybridized carbons (Fsp3) is 0.118. The predicted octanol–water partition coefficient (Wildman–Crippen LogP) is 4.41. The average molecular weight is 293 g/mol. The molecule has 5 nitrogen and oxygen atoms in total. The highest BCUT2D eigenvalue weighted by Crippen LogP contribution is 2.35. The number of nitrogens with one attached hydrogen (secondary N) is 1. The molecule has 0 aliphatic carbocycles. The summed E-state index contributed by atoms with van der Waals surface area (Å²) in [7, 11) is 0. The molecule has 5 heteroatoms. The molecule has 110 valence electrons. The number of aromatic nitrogens is 1. The molecule has 0 atom stereocenters. The Labute approximate surface area is 127 Å². The number of hydrogen-bond donors (Lipinski definition) is 2. The van der Waals surface area contributed by atoms with Crippen molar-refractivity contribution in [2.24, 2.45) is 10.2 Å². The van der Waals surface area contributed by atoms with Gasteiger partial charge in [0, 0.05) is 10.9 Å². The van der Waals surface area contributed by atoms with E-state index in [1.807, 2.05) is 44.2 Å². The van der Waals surface area contributed by atoms with Crippen LogP contribution in [0.5, 0.6) is 5.88 Å². The summed E-state index contributed by atoms with van der Waals surface area (Å²) in [4.78, 5) is 14.8. The number of aryl methyl sites for hydroxylation is 2. The van der Waals surface area contributed by atoms with E-state index in [1.165, 1.54) is 0 Å². The van der Waals surface area contributed by atoms with E-state index in [2.05, 4.69) is 15.2 Å². The monoisotopic (exact) mass is 293 g/mol. The van der Waals surface area contributed by atoms with Gasteiger partial charge >= 0.3 is 0 Å². The molecule has 0 spiro atoms. The van der Waals surface area contributed by atoms with Crippen molar-refractivity contribution in [2.45, 2.75) is 13.8 Å². The summed E-state index contributed by atoms with van der Waals surface area (Å²) in [6.07, 6.45) is 0. The van der Waals surface area contributed by atoms with Crippen LogP contribution in [0.25, 0.3) is 10.9 Å². The summed E-state index contributed by atoms with van der Waals surface area (Å²) in [6.45, 7) is 3.89. The quantitative estimate of drug-likeness (QED) is 0.686. The van der Waals surface area contributed by atoms with E-state index < -0.39 is 5.91 Å². The van der Waals surface area contributed by atoms with Crippen LogP contribution in [-0.4, -0.2) is 16.0 Å². The van der Waals surface area contributed by atoms with E-state index in [0.29, 0.717) is 5.56 Å². The number of nitrogens with zero attached hydrogens (tertiary/aromatic N) is 2. The molecule has 1 amide bonds. The number of azo groups is 1. The van der Waals surface area contributed by atoms with Crippen LogP contribution in [0.4, 0.5) is 5.69 Å². The highest BCUT2D eigenvalue weighted by molar-refractivity contribution is 5.97. The second kappa shape index (κ2) is 5.44. The van der Waals surface area contributed by atoms with E-state index in [-0.39, 0.29) is 11.6 Å². The molecule has 0 unspecified atom stereocenters. The molecule has 0 bridgehead atoms. The zero-order valence-corrected chi connectivity index (χ0v) is 12.3. The summed E-state index contributed by atoms with van der Waals surface area (Å²) in [5, 5.41) is 18.3. The smallest absolute Gasteiger partial charge is 0.295 e. The van der Waals surface area contributed by atoms with Gasteiger partial charge in [-0.15, -0.1) is 10.2 Å². The third kappa shape index (κ3) is 2.61. The van der Waals surface area contributed by atoms with Gasteiger partial charge < -0.3 is 10.1 Å². The Hall–Kier alpha value is -2.95. The van der Waals surface area contributed by atoms with Gasteiger partial charge in [-0.3, -0.25) is 4.79 Å². The zero-order chi connectivity index (χ0) is 15.7. The first-order chi connectivity index (χ1) is 10.5. The Balaban J connectivity index is 1.95. The maximum atomic E-state index is 12.0. The molecule has 0 saturated carbocycles. The number of aromatic hydroxyl groups is 1. The van der Waals surface area contributed by atoms with Crippen LogP contribution in [-0.2, 0) is 0 Å². The van der Waals surface area contributed by atoms with E-state index in [4.69, 9.17) is 0 Å². The molecule has 0 saturated heterocycles. The van der Waals surface area contributed by atoms with Crippen molar-refractivity contribution in [1.29, 1.82) is 0 Å². The first kappa shape index (κ1) is 14.0.